The zero-order valence-corrected chi connectivity index (χ0v) is 66.3. The number of phosphoric ester groups is 2. The third-order valence-corrected chi connectivity index (χ3v) is 20.8. The van der Waals surface area contributed by atoms with Crippen LogP contribution in [-0.2, 0) is 65.4 Å². The summed E-state index contributed by atoms with van der Waals surface area (Å²) in [6, 6.07) is 0. The van der Waals surface area contributed by atoms with E-state index in [-0.39, 0.29) is 25.7 Å². The number of aliphatic hydroxyl groups excluding tert-OH is 1. The minimum Gasteiger partial charge on any atom is -0.462 e. The standard InChI is InChI=1S/C80H156O17P2/c1-5-9-13-17-21-25-28-30-32-34-36-37-38-40-42-44-46-48-51-55-59-63-67-80(85)97-76(71-91-78(83)65-61-57-53-50-47-45-43-41-39-35-33-31-29-26-22-18-14-10-6-2)73-95-99(88,89)93-69-74(81)68-92-98(86,87)94-72-75(70-90-77(82)64-60-56-52-24-20-16-12-8-4)96-79(84)66-62-58-54-49-27-23-19-15-11-7-3/h74-76,81H,5-73H2,1-4H3,(H,86,87)(H,88,89)/t74-,75+,76+/m0/s1. The van der Waals surface area contributed by atoms with Crippen LogP contribution in [0.5, 0.6) is 0 Å². The molecule has 0 aromatic rings. The average molecular weight is 1450 g/mol. The molecule has 0 saturated heterocycles. The first-order chi connectivity index (χ1) is 48.2. The van der Waals surface area contributed by atoms with Gasteiger partial charge in [0.1, 0.15) is 19.3 Å². The van der Waals surface area contributed by atoms with Crippen LogP contribution in [0, 0.1) is 0 Å². The zero-order chi connectivity index (χ0) is 72.5. The Morgan fingerprint density at radius 3 is 0.596 bits per heavy atom. The van der Waals surface area contributed by atoms with Crippen molar-refractivity contribution in [3.05, 3.63) is 0 Å². The van der Waals surface area contributed by atoms with Crippen molar-refractivity contribution >= 4 is 39.5 Å². The van der Waals surface area contributed by atoms with Gasteiger partial charge in [-0.2, -0.15) is 0 Å². The lowest BCUT2D eigenvalue weighted by atomic mass is 10.0. The lowest BCUT2D eigenvalue weighted by molar-refractivity contribution is -0.161. The van der Waals surface area contributed by atoms with Crippen LogP contribution in [0.2, 0.25) is 0 Å². The summed E-state index contributed by atoms with van der Waals surface area (Å²) in [4.78, 5) is 72.8. The second-order valence-corrected chi connectivity index (χ2v) is 31.7. The third kappa shape index (κ3) is 74.1. The van der Waals surface area contributed by atoms with Gasteiger partial charge in [0.05, 0.1) is 26.4 Å². The molecule has 0 aliphatic heterocycles. The summed E-state index contributed by atoms with van der Waals surface area (Å²) in [6.07, 6.45) is 66.9. The molecule has 0 aliphatic rings. The van der Waals surface area contributed by atoms with E-state index >= 15 is 0 Å². The van der Waals surface area contributed by atoms with Crippen molar-refractivity contribution in [3.63, 3.8) is 0 Å². The van der Waals surface area contributed by atoms with E-state index in [1.54, 1.807) is 0 Å². The van der Waals surface area contributed by atoms with Crippen LogP contribution >= 0.6 is 15.6 Å². The second kappa shape index (κ2) is 74.3. The Hall–Kier alpha value is -1.94. The van der Waals surface area contributed by atoms with E-state index < -0.39 is 97.5 Å². The molecular formula is C80H156O17P2. The van der Waals surface area contributed by atoms with Gasteiger partial charge in [0.15, 0.2) is 12.2 Å². The molecule has 5 atom stereocenters. The number of carbonyl (C=O) groups excluding carboxylic acids is 4. The van der Waals surface area contributed by atoms with Gasteiger partial charge < -0.3 is 33.8 Å². The van der Waals surface area contributed by atoms with Crippen molar-refractivity contribution in [3.8, 4) is 0 Å². The van der Waals surface area contributed by atoms with Crippen LogP contribution in [0.4, 0.5) is 0 Å². The Morgan fingerprint density at radius 2 is 0.404 bits per heavy atom. The largest absolute Gasteiger partial charge is 0.472 e. The summed E-state index contributed by atoms with van der Waals surface area (Å²) in [7, 11) is -9.91. The quantitative estimate of drug-likeness (QED) is 0.0222. The smallest absolute Gasteiger partial charge is 0.462 e. The van der Waals surface area contributed by atoms with Gasteiger partial charge >= 0.3 is 39.5 Å². The van der Waals surface area contributed by atoms with Crippen molar-refractivity contribution < 1.29 is 80.2 Å². The van der Waals surface area contributed by atoms with E-state index in [0.717, 1.165) is 96.3 Å². The number of unbranched alkanes of at least 4 members (excludes halogenated alkanes) is 55. The van der Waals surface area contributed by atoms with Crippen LogP contribution in [0.15, 0.2) is 0 Å². The summed E-state index contributed by atoms with van der Waals surface area (Å²) >= 11 is 0. The van der Waals surface area contributed by atoms with Gasteiger partial charge in [-0.1, -0.05) is 381 Å². The first kappa shape index (κ1) is 97.1. The second-order valence-electron chi connectivity index (χ2n) is 28.8. The van der Waals surface area contributed by atoms with Gasteiger partial charge in [-0.05, 0) is 25.7 Å². The summed E-state index contributed by atoms with van der Waals surface area (Å²) in [5.41, 5.74) is 0. The fourth-order valence-corrected chi connectivity index (χ4v) is 14.0. The number of hydrogen-bond donors (Lipinski definition) is 3. The molecule has 0 rings (SSSR count). The van der Waals surface area contributed by atoms with E-state index in [0.29, 0.717) is 25.7 Å². The predicted octanol–water partition coefficient (Wildman–Crippen LogP) is 24.2. The molecule has 0 spiro atoms. The van der Waals surface area contributed by atoms with Gasteiger partial charge in [0.2, 0.25) is 0 Å². The number of esters is 4. The number of hydrogen-bond acceptors (Lipinski definition) is 15. The number of aliphatic hydroxyl groups is 1. The van der Waals surface area contributed by atoms with Gasteiger partial charge in [-0.3, -0.25) is 37.3 Å². The highest BCUT2D eigenvalue weighted by Crippen LogP contribution is 2.45. The van der Waals surface area contributed by atoms with Crippen molar-refractivity contribution in [2.75, 3.05) is 39.6 Å². The average Bonchev–Trinajstić information content (AvgIpc) is 0.962. The fraction of sp³-hybridized carbons (Fsp3) is 0.950. The molecule has 0 heterocycles. The summed E-state index contributed by atoms with van der Waals surface area (Å²) in [6.45, 7) is 4.97. The van der Waals surface area contributed by atoms with Crippen LogP contribution < -0.4 is 0 Å². The number of carbonyl (C=O) groups is 4. The van der Waals surface area contributed by atoms with E-state index in [1.165, 1.54) is 257 Å². The number of phosphoric acid groups is 2. The fourth-order valence-electron chi connectivity index (χ4n) is 12.5. The maximum absolute atomic E-state index is 13.1. The Morgan fingerprint density at radius 1 is 0.242 bits per heavy atom. The van der Waals surface area contributed by atoms with E-state index in [9.17, 15) is 43.2 Å². The highest BCUT2D eigenvalue weighted by molar-refractivity contribution is 7.47. The predicted molar refractivity (Wildman–Crippen MR) is 405 cm³/mol. The van der Waals surface area contributed by atoms with E-state index in [4.69, 9.17) is 37.0 Å². The lowest BCUT2D eigenvalue weighted by Crippen LogP contribution is -2.30. The summed E-state index contributed by atoms with van der Waals surface area (Å²) in [5.74, 6) is -2.11. The molecule has 0 aliphatic carbocycles. The highest BCUT2D eigenvalue weighted by atomic mass is 31.2. The van der Waals surface area contributed by atoms with E-state index in [1.807, 2.05) is 0 Å². The Kier molecular flexibility index (Phi) is 72.9. The summed E-state index contributed by atoms with van der Waals surface area (Å²) in [5, 5.41) is 10.6. The van der Waals surface area contributed by atoms with Crippen LogP contribution in [0.3, 0.4) is 0 Å². The Bertz CT molecular complexity index is 1880. The molecule has 0 aromatic heterocycles. The van der Waals surface area contributed by atoms with Crippen molar-refractivity contribution in [1.82, 2.24) is 0 Å². The maximum Gasteiger partial charge on any atom is 0.472 e. The molecule has 0 radical (unpaired) electrons. The minimum absolute atomic E-state index is 0.107. The molecule has 3 N–H and O–H groups in total. The minimum atomic E-state index is -4.96. The van der Waals surface area contributed by atoms with Crippen LogP contribution in [0.1, 0.15) is 432 Å². The molecule has 0 aromatic carbocycles. The molecule has 0 saturated carbocycles. The molecular weight excluding hydrogens is 1290 g/mol. The molecule has 0 fully saturated rings. The molecule has 17 nitrogen and oxygen atoms in total. The van der Waals surface area contributed by atoms with Gasteiger partial charge in [0.25, 0.3) is 0 Å². The number of rotatable bonds is 81. The Labute approximate surface area is 607 Å². The third-order valence-electron chi connectivity index (χ3n) is 18.9. The molecule has 19 heteroatoms. The highest BCUT2D eigenvalue weighted by Gasteiger charge is 2.30. The van der Waals surface area contributed by atoms with Crippen molar-refractivity contribution in [2.24, 2.45) is 0 Å². The molecule has 0 amide bonds. The SMILES string of the molecule is CCCCCCCCCCCCCCCCCCCCCCCCC(=O)O[C@H](COC(=O)CCCCCCCCCCCCCCCCCCCCC)COP(=O)(O)OC[C@@H](O)COP(=O)(O)OC[C@@H](COC(=O)CCCCCCCCCC)OC(=O)CCCCCCCCCCCC. The van der Waals surface area contributed by atoms with Gasteiger partial charge in [-0.15, -0.1) is 0 Å². The first-order valence-electron chi connectivity index (χ1n) is 41.8. The molecule has 0 bridgehead atoms. The topological polar surface area (TPSA) is 237 Å². The maximum atomic E-state index is 13.1. The zero-order valence-electron chi connectivity index (χ0n) is 64.5. The lowest BCUT2D eigenvalue weighted by Gasteiger charge is -2.21. The van der Waals surface area contributed by atoms with Crippen molar-refractivity contribution in [2.45, 2.75) is 451 Å². The van der Waals surface area contributed by atoms with E-state index in [2.05, 4.69) is 27.7 Å². The normalized spacial score (nSPS) is 13.8. The summed E-state index contributed by atoms with van der Waals surface area (Å²) < 4.78 is 68.5. The number of ether oxygens (including phenoxy) is 4. The first-order valence-corrected chi connectivity index (χ1v) is 44.8. The van der Waals surface area contributed by atoms with Gasteiger partial charge in [0, 0.05) is 25.7 Å². The molecule has 99 heavy (non-hydrogen) atoms. The van der Waals surface area contributed by atoms with Gasteiger partial charge in [-0.25, -0.2) is 9.13 Å². The van der Waals surface area contributed by atoms with Crippen molar-refractivity contribution in [1.29, 1.82) is 0 Å². The molecule has 588 valence electrons. The van der Waals surface area contributed by atoms with Crippen LogP contribution in [0.25, 0.3) is 0 Å². The molecule has 2 unspecified atom stereocenters. The monoisotopic (exact) mass is 1450 g/mol. The Balaban J connectivity index is 5.14. The van der Waals surface area contributed by atoms with Crippen LogP contribution in [-0.4, -0.2) is 96.7 Å².